The van der Waals surface area contributed by atoms with Crippen molar-refractivity contribution < 1.29 is 9.18 Å². The fourth-order valence-corrected chi connectivity index (χ4v) is 0.890. The van der Waals surface area contributed by atoms with Gasteiger partial charge in [-0.05, 0) is 0 Å². The van der Waals surface area contributed by atoms with Gasteiger partial charge in [0, 0.05) is 18.1 Å². The Bertz CT molecular complexity index is 72.0. The Morgan fingerprint density at radius 1 is 1.56 bits per heavy atom. The highest BCUT2D eigenvalue weighted by Gasteiger charge is 1.86. The van der Waals surface area contributed by atoms with Crippen molar-refractivity contribution in [2.75, 3.05) is 24.7 Å². The molecular formula is C5H9FNOS. The minimum absolute atomic E-state index is 0.296. The second kappa shape index (κ2) is 7.75. The van der Waals surface area contributed by atoms with Crippen molar-refractivity contribution in [2.24, 2.45) is 0 Å². The number of carbonyl (C=O) groups excluding carboxylic acids is 1. The third kappa shape index (κ3) is 7.75. The van der Waals surface area contributed by atoms with Gasteiger partial charge in [0.2, 0.25) is 0 Å². The van der Waals surface area contributed by atoms with Gasteiger partial charge in [-0.3, -0.25) is 9.18 Å². The van der Waals surface area contributed by atoms with Crippen LogP contribution in [0.4, 0.5) is 4.39 Å². The zero-order valence-corrected chi connectivity index (χ0v) is 5.84. The van der Waals surface area contributed by atoms with E-state index in [1.807, 2.05) is 0 Å². The molecule has 0 aromatic heterocycles. The van der Waals surface area contributed by atoms with E-state index in [1.165, 1.54) is 18.2 Å². The average molecular weight is 150 g/mol. The van der Waals surface area contributed by atoms with E-state index in [4.69, 9.17) is 0 Å². The van der Waals surface area contributed by atoms with Crippen LogP contribution in [0, 0.1) is 0 Å². The Balaban J connectivity index is 2.66. The summed E-state index contributed by atoms with van der Waals surface area (Å²) >= 11 is 1.48. The highest BCUT2D eigenvalue weighted by Crippen LogP contribution is 1.96. The molecule has 53 valence electrons. The first-order chi connectivity index (χ1) is 4.41. The molecule has 9 heavy (non-hydrogen) atoms. The standard InChI is InChI=1S/C5H9FNOS/c6-1-3-9-4-2-7-5-8/h1-4H2,(H,7,8). The number of alkyl halides is 1. The summed E-state index contributed by atoms with van der Waals surface area (Å²) in [5.41, 5.74) is 0. The quantitative estimate of drug-likeness (QED) is 0.437. The fraction of sp³-hybridized carbons (Fsp3) is 0.800. The van der Waals surface area contributed by atoms with Crippen LogP contribution in [-0.4, -0.2) is 31.1 Å². The molecule has 0 aliphatic rings. The van der Waals surface area contributed by atoms with Gasteiger partial charge < -0.3 is 5.32 Å². The first kappa shape index (κ1) is 8.75. The summed E-state index contributed by atoms with van der Waals surface area (Å²) < 4.78 is 11.4. The molecule has 2 nitrogen and oxygen atoms in total. The molecule has 0 heterocycles. The van der Waals surface area contributed by atoms with Crippen LogP contribution in [0.15, 0.2) is 0 Å². The van der Waals surface area contributed by atoms with Gasteiger partial charge in [0.15, 0.2) is 0 Å². The maximum Gasteiger partial charge on any atom is 0.309 e. The number of nitrogens with one attached hydrogen (secondary N) is 1. The van der Waals surface area contributed by atoms with Crippen molar-refractivity contribution in [3.05, 3.63) is 0 Å². The van der Waals surface area contributed by atoms with E-state index in [9.17, 15) is 9.18 Å². The van der Waals surface area contributed by atoms with Crippen molar-refractivity contribution in [1.82, 2.24) is 5.32 Å². The molecule has 1 radical (unpaired) electrons. The summed E-state index contributed by atoms with van der Waals surface area (Å²) in [6, 6.07) is 0. The lowest BCUT2D eigenvalue weighted by Crippen LogP contribution is -2.14. The molecule has 0 atom stereocenters. The summed E-state index contributed by atoms with van der Waals surface area (Å²) in [5, 5.41) is 2.36. The fourth-order valence-electron chi connectivity index (χ4n) is 0.331. The lowest BCUT2D eigenvalue weighted by molar-refractivity contribution is 0.532. The molecule has 1 amide bonds. The molecular weight excluding hydrogens is 141 g/mol. The van der Waals surface area contributed by atoms with Crippen LogP contribution in [0.3, 0.4) is 0 Å². The van der Waals surface area contributed by atoms with Crippen LogP contribution < -0.4 is 5.32 Å². The minimum Gasteiger partial charge on any atom is -0.347 e. The third-order valence-electron chi connectivity index (χ3n) is 0.665. The molecule has 0 aliphatic heterocycles. The third-order valence-corrected chi connectivity index (χ3v) is 1.60. The van der Waals surface area contributed by atoms with Crippen LogP contribution in [0.25, 0.3) is 0 Å². The minimum atomic E-state index is -0.296. The Hall–Kier alpha value is -0.250. The lowest BCUT2D eigenvalue weighted by atomic mass is 10.8. The molecule has 0 aromatic carbocycles. The highest BCUT2D eigenvalue weighted by atomic mass is 32.2. The second-order valence-electron chi connectivity index (χ2n) is 1.33. The van der Waals surface area contributed by atoms with Crippen LogP contribution >= 0.6 is 11.8 Å². The maximum absolute atomic E-state index is 11.4. The van der Waals surface area contributed by atoms with Gasteiger partial charge in [0.05, 0.1) is 6.67 Å². The van der Waals surface area contributed by atoms with Gasteiger partial charge in [-0.1, -0.05) is 0 Å². The van der Waals surface area contributed by atoms with Gasteiger partial charge >= 0.3 is 6.41 Å². The largest absolute Gasteiger partial charge is 0.347 e. The highest BCUT2D eigenvalue weighted by molar-refractivity contribution is 7.99. The number of amides is 1. The zero-order valence-electron chi connectivity index (χ0n) is 5.02. The average Bonchev–Trinajstić information content (AvgIpc) is 1.89. The molecule has 0 aliphatic carbocycles. The van der Waals surface area contributed by atoms with Crippen LogP contribution in [0.2, 0.25) is 0 Å². The first-order valence-electron chi connectivity index (χ1n) is 2.65. The molecule has 0 unspecified atom stereocenters. The smallest absolute Gasteiger partial charge is 0.309 e. The zero-order chi connectivity index (χ0) is 6.95. The normalized spacial score (nSPS) is 9.00. The van der Waals surface area contributed by atoms with Crippen molar-refractivity contribution in [3.8, 4) is 0 Å². The molecule has 1 N–H and O–H groups in total. The number of hydrogen-bond acceptors (Lipinski definition) is 2. The molecule has 0 saturated carbocycles. The summed E-state index contributed by atoms with van der Waals surface area (Å²) in [4.78, 5) is 9.52. The van der Waals surface area contributed by atoms with E-state index in [0.29, 0.717) is 12.3 Å². The predicted octanol–water partition coefficient (Wildman–Crippen LogP) is 0.346. The van der Waals surface area contributed by atoms with E-state index in [0.717, 1.165) is 5.75 Å². The van der Waals surface area contributed by atoms with Gasteiger partial charge in [-0.15, -0.1) is 0 Å². The van der Waals surface area contributed by atoms with Crippen molar-refractivity contribution >= 4 is 18.2 Å². The van der Waals surface area contributed by atoms with Gasteiger partial charge in [-0.25, -0.2) is 0 Å². The Morgan fingerprint density at radius 3 is 2.89 bits per heavy atom. The topological polar surface area (TPSA) is 29.1 Å². The number of thioether (sulfide) groups is 1. The molecule has 0 rings (SSSR count). The van der Waals surface area contributed by atoms with Gasteiger partial charge in [-0.2, -0.15) is 11.8 Å². The summed E-state index contributed by atoms with van der Waals surface area (Å²) in [6.45, 7) is 0.281. The van der Waals surface area contributed by atoms with E-state index < -0.39 is 0 Å². The molecule has 0 bridgehead atoms. The molecule has 0 spiro atoms. The number of rotatable bonds is 6. The van der Waals surface area contributed by atoms with E-state index in [1.54, 1.807) is 0 Å². The SMILES string of the molecule is O=[C]NCCSCCF. The Labute approximate surface area is 58.2 Å². The second-order valence-corrected chi connectivity index (χ2v) is 2.55. The monoisotopic (exact) mass is 150 g/mol. The Kier molecular flexibility index (Phi) is 7.53. The first-order valence-corrected chi connectivity index (χ1v) is 3.81. The summed E-state index contributed by atoms with van der Waals surface area (Å²) in [6.07, 6.45) is 1.54. The molecule has 4 heteroatoms. The van der Waals surface area contributed by atoms with Gasteiger partial charge in [0.1, 0.15) is 0 Å². The molecule has 0 fully saturated rings. The summed E-state index contributed by atoms with van der Waals surface area (Å²) in [7, 11) is 0. The Morgan fingerprint density at radius 2 is 2.33 bits per heavy atom. The number of hydrogen-bond donors (Lipinski definition) is 1. The van der Waals surface area contributed by atoms with Crippen molar-refractivity contribution in [2.45, 2.75) is 0 Å². The molecule has 0 saturated heterocycles. The predicted molar refractivity (Wildman–Crippen MR) is 37.0 cm³/mol. The van der Waals surface area contributed by atoms with Crippen LogP contribution in [-0.2, 0) is 4.79 Å². The maximum atomic E-state index is 11.4. The van der Waals surface area contributed by atoms with E-state index in [2.05, 4.69) is 5.32 Å². The number of halogens is 1. The van der Waals surface area contributed by atoms with Crippen molar-refractivity contribution in [3.63, 3.8) is 0 Å². The molecule has 0 aromatic rings. The summed E-state index contributed by atoms with van der Waals surface area (Å²) in [5.74, 6) is 1.28. The van der Waals surface area contributed by atoms with Crippen LogP contribution in [0.5, 0.6) is 0 Å². The van der Waals surface area contributed by atoms with Crippen molar-refractivity contribution in [1.29, 1.82) is 0 Å². The van der Waals surface area contributed by atoms with E-state index >= 15 is 0 Å². The van der Waals surface area contributed by atoms with Gasteiger partial charge in [0.25, 0.3) is 0 Å². The lowest BCUT2D eigenvalue weighted by Gasteiger charge is -1.94. The van der Waals surface area contributed by atoms with Crippen LogP contribution in [0.1, 0.15) is 0 Å². The van der Waals surface area contributed by atoms with E-state index in [-0.39, 0.29) is 6.67 Å².